The Balaban J connectivity index is 1.91. The van der Waals surface area contributed by atoms with Crippen LogP contribution in [0.4, 0.5) is 5.69 Å². The Labute approximate surface area is 149 Å². The average Bonchev–Trinajstić information content (AvgIpc) is 3.03. The number of sulfone groups is 1. The molecule has 0 aliphatic heterocycles. The zero-order chi connectivity index (χ0) is 18.4. The van der Waals surface area contributed by atoms with Gasteiger partial charge in [-0.25, -0.2) is 8.42 Å². The van der Waals surface area contributed by atoms with Crippen molar-refractivity contribution in [2.75, 3.05) is 18.2 Å². The van der Waals surface area contributed by atoms with E-state index < -0.39 is 21.7 Å². The molecule has 2 aromatic rings. The second-order valence-electron chi connectivity index (χ2n) is 5.22. The van der Waals surface area contributed by atoms with E-state index in [1.165, 1.54) is 12.1 Å². The molecule has 2 N–H and O–H groups in total. The molecule has 0 atom stereocenters. The number of anilines is 1. The second kappa shape index (κ2) is 8.13. The fourth-order valence-corrected chi connectivity index (χ4v) is 3.70. The Bertz CT molecular complexity index is 855. The lowest BCUT2D eigenvalue weighted by molar-refractivity contribution is -0.137. The van der Waals surface area contributed by atoms with Gasteiger partial charge in [-0.2, -0.15) is 0 Å². The van der Waals surface area contributed by atoms with Crippen LogP contribution >= 0.6 is 11.3 Å². The first-order valence-corrected chi connectivity index (χ1v) is 10.0. The number of thiophene rings is 1. The summed E-state index contributed by atoms with van der Waals surface area (Å²) in [5.41, 5.74) is 0.539. The number of nitrogens with one attached hydrogen (secondary N) is 1. The van der Waals surface area contributed by atoms with Gasteiger partial charge >= 0.3 is 5.97 Å². The zero-order valence-corrected chi connectivity index (χ0v) is 15.0. The molecular weight excluding hydrogens is 366 g/mol. The standard InChI is InChI=1S/C16H17NO6S2/c1-25(21,22)15-9-8-13(24-15)16(20)17-11-4-6-12(7-5-11)23-10-2-3-14(18)19/h4-9H,2-3,10H2,1H3,(H,17,20)(H,18,19). The first kappa shape index (κ1) is 18.9. The van der Waals surface area contributed by atoms with Crippen molar-refractivity contribution < 1.29 is 27.9 Å². The zero-order valence-electron chi connectivity index (χ0n) is 13.4. The molecule has 0 fully saturated rings. The molecule has 7 nitrogen and oxygen atoms in total. The normalized spacial score (nSPS) is 11.1. The number of hydrogen-bond donors (Lipinski definition) is 2. The molecule has 0 radical (unpaired) electrons. The number of ether oxygens (including phenoxy) is 1. The maximum absolute atomic E-state index is 12.1. The van der Waals surface area contributed by atoms with E-state index in [0.717, 1.165) is 17.6 Å². The van der Waals surface area contributed by atoms with Gasteiger partial charge in [0.1, 0.15) is 9.96 Å². The van der Waals surface area contributed by atoms with Crippen LogP contribution in [0.3, 0.4) is 0 Å². The maximum Gasteiger partial charge on any atom is 0.303 e. The summed E-state index contributed by atoms with van der Waals surface area (Å²) in [4.78, 5) is 22.8. The van der Waals surface area contributed by atoms with Gasteiger partial charge in [0, 0.05) is 18.4 Å². The van der Waals surface area contributed by atoms with Crippen molar-refractivity contribution >= 4 is 38.7 Å². The third-order valence-corrected chi connectivity index (χ3v) is 5.99. The lowest BCUT2D eigenvalue weighted by Gasteiger charge is -2.07. The fraction of sp³-hybridized carbons (Fsp3) is 0.250. The number of aliphatic carboxylic acids is 1. The number of amides is 1. The van der Waals surface area contributed by atoms with Gasteiger partial charge < -0.3 is 15.2 Å². The summed E-state index contributed by atoms with van der Waals surface area (Å²) in [5, 5.41) is 11.2. The van der Waals surface area contributed by atoms with E-state index in [9.17, 15) is 18.0 Å². The van der Waals surface area contributed by atoms with Crippen molar-refractivity contribution in [1.29, 1.82) is 0 Å². The first-order chi connectivity index (χ1) is 11.8. The van der Waals surface area contributed by atoms with Gasteiger partial charge in [0.25, 0.3) is 5.91 Å². The van der Waals surface area contributed by atoms with Gasteiger partial charge in [-0.15, -0.1) is 11.3 Å². The van der Waals surface area contributed by atoms with Crippen LogP contribution in [-0.2, 0) is 14.6 Å². The van der Waals surface area contributed by atoms with Crippen LogP contribution in [0.25, 0.3) is 0 Å². The minimum absolute atomic E-state index is 0.0461. The fourth-order valence-electron chi connectivity index (χ4n) is 1.88. The monoisotopic (exact) mass is 383 g/mol. The molecule has 1 heterocycles. The quantitative estimate of drug-likeness (QED) is 0.678. The summed E-state index contributed by atoms with van der Waals surface area (Å²) in [6, 6.07) is 9.49. The van der Waals surface area contributed by atoms with Gasteiger partial charge in [-0.1, -0.05) is 0 Å². The van der Waals surface area contributed by atoms with Crippen LogP contribution in [0.1, 0.15) is 22.5 Å². The number of carboxylic acid groups (broad SMARTS) is 1. The van der Waals surface area contributed by atoms with Gasteiger partial charge in [0.15, 0.2) is 9.84 Å². The van der Waals surface area contributed by atoms with Gasteiger partial charge in [-0.3, -0.25) is 9.59 Å². The van der Waals surface area contributed by atoms with E-state index in [1.54, 1.807) is 24.3 Å². The van der Waals surface area contributed by atoms with E-state index >= 15 is 0 Å². The van der Waals surface area contributed by atoms with E-state index in [1.807, 2.05) is 0 Å². The highest BCUT2D eigenvalue weighted by Crippen LogP contribution is 2.23. The Kier molecular flexibility index (Phi) is 6.16. The number of carbonyl (C=O) groups excluding carboxylic acids is 1. The third kappa shape index (κ3) is 5.87. The molecule has 0 aliphatic rings. The predicted octanol–water partition coefficient (Wildman–Crippen LogP) is 2.65. The van der Waals surface area contributed by atoms with E-state index in [4.69, 9.17) is 9.84 Å². The summed E-state index contributed by atoms with van der Waals surface area (Å²) >= 11 is 0.914. The smallest absolute Gasteiger partial charge is 0.303 e. The van der Waals surface area contributed by atoms with E-state index in [2.05, 4.69) is 5.32 Å². The lowest BCUT2D eigenvalue weighted by Crippen LogP contribution is -2.10. The van der Waals surface area contributed by atoms with E-state index in [0.29, 0.717) is 29.3 Å². The van der Waals surface area contributed by atoms with Crippen LogP contribution in [0, 0.1) is 0 Å². The van der Waals surface area contributed by atoms with Crippen LogP contribution < -0.4 is 10.1 Å². The molecule has 1 amide bonds. The van der Waals surface area contributed by atoms with Crippen molar-refractivity contribution in [3.63, 3.8) is 0 Å². The van der Waals surface area contributed by atoms with Crippen molar-refractivity contribution in [3.05, 3.63) is 41.3 Å². The third-order valence-electron chi connectivity index (χ3n) is 3.09. The largest absolute Gasteiger partial charge is 0.494 e. The molecule has 0 saturated carbocycles. The topological polar surface area (TPSA) is 110 Å². The molecule has 0 unspecified atom stereocenters. The second-order valence-corrected chi connectivity index (χ2v) is 8.54. The summed E-state index contributed by atoms with van der Waals surface area (Å²) in [6.07, 6.45) is 1.55. The maximum atomic E-state index is 12.1. The van der Waals surface area contributed by atoms with Crippen LogP contribution in [0.5, 0.6) is 5.75 Å². The molecule has 9 heteroatoms. The van der Waals surface area contributed by atoms with Crippen LogP contribution in [-0.4, -0.2) is 38.3 Å². The highest BCUT2D eigenvalue weighted by molar-refractivity contribution is 7.92. The Hall–Kier alpha value is -2.39. The number of benzene rings is 1. The molecule has 2 rings (SSSR count). The minimum Gasteiger partial charge on any atom is -0.494 e. The Morgan fingerprint density at radius 2 is 1.84 bits per heavy atom. The number of carboxylic acids is 1. The van der Waals surface area contributed by atoms with Gasteiger partial charge in [-0.05, 0) is 42.8 Å². The molecule has 25 heavy (non-hydrogen) atoms. The van der Waals surface area contributed by atoms with Crippen molar-refractivity contribution in [3.8, 4) is 5.75 Å². The number of hydrogen-bond acceptors (Lipinski definition) is 6. The number of rotatable bonds is 8. The molecule has 0 saturated heterocycles. The minimum atomic E-state index is -3.33. The molecule has 1 aromatic heterocycles. The molecule has 134 valence electrons. The molecular formula is C16H17NO6S2. The average molecular weight is 383 g/mol. The predicted molar refractivity (Wildman–Crippen MR) is 94.2 cm³/mol. The van der Waals surface area contributed by atoms with Crippen molar-refractivity contribution in [2.45, 2.75) is 17.1 Å². The Morgan fingerprint density at radius 1 is 1.16 bits per heavy atom. The molecule has 1 aromatic carbocycles. The summed E-state index contributed by atoms with van der Waals surface area (Å²) in [6.45, 7) is 0.293. The molecule has 0 spiro atoms. The van der Waals surface area contributed by atoms with Crippen LogP contribution in [0.2, 0.25) is 0 Å². The lowest BCUT2D eigenvalue weighted by atomic mass is 10.3. The van der Waals surface area contributed by atoms with Crippen molar-refractivity contribution in [2.24, 2.45) is 0 Å². The number of carbonyl (C=O) groups is 2. The van der Waals surface area contributed by atoms with Crippen molar-refractivity contribution in [1.82, 2.24) is 0 Å². The van der Waals surface area contributed by atoms with E-state index in [-0.39, 0.29) is 10.6 Å². The first-order valence-electron chi connectivity index (χ1n) is 7.31. The molecule has 0 aliphatic carbocycles. The van der Waals surface area contributed by atoms with Crippen LogP contribution in [0.15, 0.2) is 40.6 Å². The summed E-state index contributed by atoms with van der Waals surface area (Å²) in [5.74, 6) is -0.692. The molecule has 0 bridgehead atoms. The Morgan fingerprint density at radius 3 is 2.40 bits per heavy atom. The summed E-state index contributed by atoms with van der Waals surface area (Å²) in [7, 11) is -3.33. The van der Waals surface area contributed by atoms with Gasteiger partial charge in [0.05, 0.1) is 11.5 Å². The highest BCUT2D eigenvalue weighted by atomic mass is 32.2. The van der Waals surface area contributed by atoms with Gasteiger partial charge in [0.2, 0.25) is 0 Å². The highest BCUT2D eigenvalue weighted by Gasteiger charge is 2.15. The SMILES string of the molecule is CS(=O)(=O)c1ccc(C(=O)Nc2ccc(OCCCC(=O)O)cc2)s1. The summed E-state index contributed by atoms with van der Waals surface area (Å²) < 4.78 is 28.4.